The zero-order valence-corrected chi connectivity index (χ0v) is 18.3. The van der Waals surface area contributed by atoms with E-state index in [0.29, 0.717) is 6.54 Å². The average Bonchev–Trinajstić information content (AvgIpc) is 3.23. The summed E-state index contributed by atoms with van der Waals surface area (Å²) in [7, 11) is 1.62. The van der Waals surface area contributed by atoms with Gasteiger partial charge in [0.15, 0.2) is 5.65 Å². The maximum atomic E-state index is 13.7. The van der Waals surface area contributed by atoms with Gasteiger partial charge in [-0.05, 0) is 30.7 Å². The van der Waals surface area contributed by atoms with Crippen LogP contribution in [0.5, 0.6) is 5.75 Å². The van der Waals surface area contributed by atoms with Crippen LogP contribution < -0.4 is 9.64 Å². The number of ether oxygens (including phenoxy) is 1. The molecule has 0 amide bonds. The molecule has 0 unspecified atom stereocenters. The topological polar surface area (TPSA) is 45.9 Å². The first-order valence-electron chi connectivity index (χ1n) is 10.8. The molecule has 1 aliphatic heterocycles. The minimum absolute atomic E-state index is 0.234. The summed E-state index contributed by atoms with van der Waals surface area (Å²) < 4.78 is 21.1. The first-order chi connectivity index (χ1) is 15.6. The Hall–Kier alpha value is -3.45. The van der Waals surface area contributed by atoms with Gasteiger partial charge in [0.05, 0.1) is 13.3 Å². The van der Waals surface area contributed by atoms with Crippen LogP contribution in [-0.2, 0) is 6.54 Å². The van der Waals surface area contributed by atoms with Gasteiger partial charge in [0.2, 0.25) is 0 Å². The standard InChI is InChI=1S/C25H26FN5O/c1-18-14-24(31-25(28-18)22(16-27-31)19-6-4-3-5-7-19)30-12-10-29(11-13-30)17-20-15-21(26)8-9-23(20)32-2/h3-9,14-16H,10-13,17H2,1-2H3. The zero-order chi connectivity index (χ0) is 22.1. The minimum atomic E-state index is -0.234. The molecule has 2 aromatic heterocycles. The molecule has 0 N–H and O–H groups in total. The zero-order valence-electron chi connectivity index (χ0n) is 18.3. The van der Waals surface area contributed by atoms with Crippen LogP contribution in [0.15, 0.2) is 60.8 Å². The molecule has 0 radical (unpaired) electrons. The van der Waals surface area contributed by atoms with Gasteiger partial charge in [-0.2, -0.15) is 9.61 Å². The van der Waals surface area contributed by atoms with Gasteiger partial charge in [0.1, 0.15) is 17.4 Å². The second-order valence-corrected chi connectivity index (χ2v) is 8.13. The molecule has 0 spiro atoms. The Kier molecular flexibility index (Phi) is 5.49. The number of halogens is 1. The van der Waals surface area contributed by atoms with Crippen LogP contribution in [0, 0.1) is 12.7 Å². The molecule has 7 heteroatoms. The number of methoxy groups -OCH3 is 1. The largest absolute Gasteiger partial charge is 0.496 e. The van der Waals surface area contributed by atoms with Gasteiger partial charge in [0, 0.05) is 55.6 Å². The summed E-state index contributed by atoms with van der Waals surface area (Å²) in [6, 6.07) is 17.0. The lowest BCUT2D eigenvalue weighted by Gasteiger charge is -2.36. The molecule has 32 heavy (non-hydrogen) atoms. The fraction of sp³-hybridized carbons (Fsp3) is 0.280. The highest BCUT2D eigenvalue weighted by molar-refractivity contribution is 5.78. The molecule has 1 saturated heterocycles. The van der Waals surface area contributed by atoms with Crippen LogP contribution in [0.2, 0.25) is 0 Å². The molecule has 1 aliphatic rings. The lowest BCUT2D eigenvalue weighted by atomic mass is 10.1. The van der Waals surface area contributed by atoms with E-state index in [1.165, 1.54) is 6.07 Å². The van der Waals surface area contributed by atoms with Gasteiger partial charge < -0.3 is 9.64 Å². The van der Waals surface area contributed by atoms with Crippen molar-refractivity contribution in [2.24, 2.45) is 0 Å². The number of benzene rings is 2. The van der Waals surface area contributed by atoms with E-state index in [-0.39, 0.29) is 5.82 Å². The molecule has 5 rings (SSSR count). The third kappa shape index (κ3) is 3.91. The lowest BCUT2D eigenvalue weighted by Crippen LogP contribution is -2.46. The van der Waals surface area contributed by atoms with Crippen molar-refractivity contribution in [3.05, 3.63) is 77.9 Å². The van der Waals surface area contributed by atoms with E-state index >= 15 is 0 Å². The summed E-state index contributed by atoms with van der Waals surface area (Å²) in [6.45, 7) is 6.15. The van der Waals surface area contributed by atoms with E-state index < -0.39 is 0 Å². The SMILES string of the molecule is COc1ccc(F)cc1CN1CCN(c2cc(C)nc3c(-c4ccccc4)cnn23)CC1. The minimum Gasteiger partial charge on any atom is -0.496 e. The molecule has 3 heterocycles. The molecule has 2 aromatic carbocycles. The third-order valence-corrected chi connectivity index (χ3v) is 6.00. The maximum Gasteiger partial charge on any atom is 0.165 e. The summed E-state index contributed by atoms with van der Waals surface area (Å²) in [5, 5.41) is 4.67. The van der Waals surface area contributed by atoms with Gasteiger partial charge in [-0.1, -0.05) is 30.3 Å². The van der Waals surface area contributed by atoms with E-state index in [0.717, 1.165) is 65.8 Å². The van der Waals surface area contributed by atoms with Crippen LogP contribution in [-0.4, -0.2) is 52.8 Å². The van der Waals surface area contributed by atoms with Crippen molar-refractivity contribution in [1.29, 1.82) is 0 Å². The molecular weight excluding hydrogens is 405 g/mol. The highest BCUT2D eigenvalue weighted by Crippen LogP contribution is 2.28. The first kappa shape index (κ1) is 20.5. The van der Waals surface area contributed by atoms with Crippen LogP contribution in [0.25, 0.3) is 16.8 Å². The maximum absolute atomic E-state index is 13.7. The quantitative estimate of drug-likeness (QED) is 0.475. The second kappa shape index (κ2) is 8.59. The molecule has 1 fully saturated rings. The van der Waals surface area contributed by atoms with Gasteiger partial charge in [-0.3, -0.25) is 4.90 Å². The van der Waals surface area contributed by atoms with E-state index in [9.17, 15) is 4.39 Å². The van der Waals surface area contributed by atoms with Crippen molar-refractivity contribution in [2.75, 3.05) is 38.2 Å². The molecule has 0 aliphatic carbocycles. The number of aromatic nitrogens is 3. The number of anilines is 1. The Balaban J connectivity index is 1.36. The van der Waals surface area contributed by atoms with E-state index in [1.54, 1.807) is 19.2 Å². The lowest BCUT2D eigenvalue weighted by molar-refractivity contribution is 0.245. The summed E-state index contributed by atoms with van der Waals surface area (Å²) >= 11 is 0. The van der Waals surface area contributed by atoms with Gasteiger partial charge >= 0.3 is 0 Å². The van der Waals surface area contributed by atoms with Gasteiger partial charge in [0.25, 0.3) is 0 Å². The summed E-state index contributed by atoms with van der Waals surface area (Å²) in [5.41, 5.74) is 4.87. The second-order valence-electron chi connectivity index (χ2n) is 8.13. The molecule has 0 bridgehead atoms. The normalized spacial score (nSPS) is 14.8. The Labute approximate surface area is 186 Å². The fourth-order valence-electron chi connectivity index (χ4n) is 4.36. The van der Waals surface area contributed by atoms with Gasteiger partial charge in [-0.25, -0.2) is 9.37 Å². The number of fused-ring (bicyclic) bond motifs is 1. The fourth-order valence-corrected chi connectivity index (χ4v) is 4.36. The van der Waals surface area contributed by atoms with E-state index in [1.807, 2.05) is 35.8 Å². The van der Waals surface area contributed by atoms with E-state index in [4.69, 9.17) is 9.72 Å². The number of rotatable bonds is 5. The number of piperazine rings is 1. The number of nitrogens with zero attached hydrogens (tertiary/aromatic N) is 5. The smallest absolute Gasteiger partial charge is 0.165 e. The molecule has 6 nitrogen and oxygen atoms in total. The summed E-state index contributed by atoms with van der Waals surface area (Å²) in [5.74, 6) is 1.55. The molecule has 4 aromatic rings. The Morgan fingerprint density at radius 2 is 1.78 bits per heavy atom. The van der Waals surface area contributed by atoms with Crippen molar-refractivity contribution in [2.45, 2.75) is 13.5 Å². The van der Waals surface area contributed by atoms with Crippen LogP contribution in [0.1, 0.15) is 11.3 Å². The third-order valence-electron chi connectivity index (χ3n) is 6.00. The predicted molar refractivity (Wildman–Crippen MR) is 124 cm³/mol. The number of aryl methyl sites for hydroxylation is 1. The Bertz CT molecular complexity index is 1230. The molecule has 164 valence electrons. The highest BCUT2D eigenvalue weighted by atomic mass is 19.1. The first-order valence-corrected chi connectivity index (χ1v) is 10.8. The Morgan fingerprint density at radius 1 is 1.00 bits per heavy atom. The average molecular weight is 432 g/mol. The van der Waals surface area contributed by atoms with Crippen molar-refractivity contribution >= 4 is 11.5 Å². The van der Waals surface area contributed by atoms with Crippen LogP contribution >= 0.6 is 0 Å². The molecular formula is C25H26FN5O. The number of hydrogen-bond acceptors (Lipinski definition) is 5. The predicted octanol–water partition coefficient (Wildman–Crippen LogP) is 4.17. The van der Waals surface area contributed by atoms with Crippen molar-refractivity contribution < 1.29 is 9.13 Å². The highest BCUT2D eigenvalue weighted by Gasteiger charge is 2.22. The van der Waals surface area contributed by atoms with Crippen molar-refractivity contribution in [1.82, 2.24) is 19.5 Å². The number of hydrogen-bond donors (Lipinski definition) is 0. The van der Waals surface area contributed by atoms with E-state index in [2.05, 4.69) is 33.1 Å². The summed E-state index contributed by atoms with van der Waals surface area (Å²) in [6.07, 6.45) is 1.90. The van der Waals surface area contributed by atoms with Crippen LogP contribution in [0.4, 0.5) is 10.2 Å². The monoisotopic (exact) mass is 431 g/mol. The van der Waals surface area contributed by atoms with Crippen molar-refractivity contribution in [3.63, 3.8) is 0 Å². The van der Waals surface area contributed by atoms with Gasteiger partial charge in [-0.15, -0.1) is 0 Å². The molecule has 0 saturated carbocycles. The summed E-state index contributed by atoms with van der Waals surface area (Å²) in [4.78, 5) is 9.46. The molecule has 0 atom stereocenters. The van der Waals surface area contributed by atoms with Crippen molar-refractivity contribution in [3.8, 4) is 16.9 Å². The Morgan fingerprint density at radius 3 is 2.53 bits per heavy atom. The van der Waals surface area contributed by atoms with Crippen LogP contribution in [0.3, 0.4) is 0 Å².